The molecule has 2 bridgehead atoms. The van der Waals surface area contributed by atoms with E-state index in [1.807, 2.05) is 0 Å². The van der Waals surface area contributed by atoms with Gasteiger partial charge in [-0.3, -0.25) is 4.79 Å². The minimum Gasteiger partial charge on any atom is -0.325 e. The molecule has 0 spiro atoms. The molecular weight excluding hydrogens is 279 g/mol. The average Bonchev–Trinajstić information content (AvgIpc) is 2.87. The number of carbonyl (C=O) groups is 1. The fourth-order valence-electron chi connectivity index (χ4n) is 4.73. The molecule has 2 nitrogen and oxygen atoms in total. The van der Waals surface area contributed by atoms with Gasteiger partial charge in [-0.2, -0.15) is 13.2 Å². The summed E-state index contributed by atoms with van der Waals surface area (Å²) in [6.07, 6.45) is -0.843. The van der Waals surface area contributed by atoms with Crippen LogP contribution in [0.4, 0.5) is 18.9 Å². The molecule has 5 heteroatoms. The summed E-state index contributed by atoms with van der Waals surface area (Å²) >= 11 is 0. The summed E-state index contributed by atoms with van der Waals surface area (Å²) in [7, 11) is 0. The first-order valence-electron chi connectivity index (χ1n) is 7.44. The zero-order chi connectivity index (χ0) is 14.8. The number of halogens is 3. The second kappa shape index (κ2) is 4.24. The monoisotopic (exact) mass is 295 g/mol. The molecule has 1 unspecified atom stereocenters. The molecule has 1 N–H and O–H groups in total. The Morgan fingerprint density at radius 2 is 1.71 bits per heavy atom. The van der Waals surface area contributed by atoms with Crippen molar-refractivity contribution in [3.8, 4) is 0 Å². The summed E-state index contributed by atoms with van der Waals surface area (Å²) in [6, 6.07) is 5.19. The number of nitrogens with one attached hydrogen (secondary N) is 1. The Balaban J connectivity index is 1.52. The van der Waals surface area contributed by atoms with Gasteiger partial charge in [0.05, 0.1) is 11.3 Å². The topological polar surface area (TPSA) is 29.1 Å². The first kappa shape index (κ1) is 13.2. The molecular formula is C16H16F3NO. The van der Waals surface area contributed by atoms with Gasteiger partial charge in [-0.15, -0.1) is 0 Å². The molecule has 4 rings (SSSR count). The van der Waals surface area contributed by atoms with Crippen LogP contribution in [0.15, 0.2) is 24.3 Å². The maximum Gasteiger partial charge on any atom is 0.418 e. The predicted octanol–water partition coefficient (Wildman–Crippen LogP) is 3.94. The van der Waals surface area contributed by atoms with Crippen LogP contribution in [0, 0.1) is 29.6 Å². The summed E-state index contributed by atoms with van der Waals surface area (Å²) in [5.74, 6) is 1.85. The van der Waals surface area contributed by atoms with Crippen LogP contribution < -0.4 is 5.32 Å². The van der Waals surface area contributed by atoms with E-state index < -0.39 is 11.7 Å². The summed E-state index contributed by atoms with van der Waals surface area (Å²) in [6.45, 7) is 0. The van der Waals surface area contributed by atoms with Crippen molar-refractivity contribution in [2.24, 2.45) is 29.6 Å². The zero-order valence-electron chi connectivity index (χ0n) is 11.4. The number of amides is 1. The highest BCUT2D eigenvalue weighted by Crippen LogP contribution is 2.69. The molecule has 0 heterocycles. The number of hydrogen-bond acceptors (Lipinski definition) is 1. The van der Waals surface area contributed by atoms with Gasteiger partial charge in [0.1, 0.15) is 0 Å². The molecule has 1 aromatic rings. The molecule has 21 heavy (non-hydrogen) atoms. The Kier molecular flexibility index (Phi) is 2.66. The lowest BCUT2D eigenvalue weighted by atomic mass is 10.0. The average molecular weight is 295 g/mol. The minimum absolute atomic E-state index is 0.0578. The number of rotatable bonds is 2. The molecule has 1 aromatic carbocycles. The molecule has 3 aliphatic rings. The fraction of sp³-hybridized carbons (Fsp3) is 0.562. The Bertz CT molecular complexity index is 581. The van der Waals surface area contributed by atoms with Crippen molar-refractivity contribution in [2.45, 2.75) is 25.4 Å². The molecule has 3 fully saturated rings. The van der Waals surface area contributed by atoms with Gasteiger partial charge in [-0.1, -0.05) is 12.1 Å². The summed E-state index contributed by atoms with van der Waals surface area (Å²) in [5, 5.41) is 2.52. The van der Waals surface area contributed by atoms with Crippen LogP contribution in [0.1, 0.15) is 24.8 Å². The Morgan fingerprint density at radius 1 is 1.10 bits per heavy atom. The molecule has 3 saturated carbocycles. The van der Waals surface area contributed by atoms with E-state index in [0.717, 1.165) is 6.07 Å². The van der Waals surface area contributed by atoms with Crippen LogP contribution in [-0.2, 0) is 11.0 Å². The molecule has 0 aliphatic heterocycles. The van der Waals surface area contributed by atoms with Crippen molar-refractivity contribution in [1.29, 1.82) is 0 Å². The zero-order valence-corrected chi connectivity index (χ0v) is 11.4. The van der Waals surface area contributed by atoms with Gasteiger partial charge in [0, 0.05) is 5.92 Å². The first-order chi connectivity index (χ1) is 9.97. The maximum absolute atomic E-state index is 12.9. The highest BCUT2D eigenvalue weighted by atomic mass is 19.4. The third-order valence-electron chi connectivity index (χ3n) is 5.53. The second-order valence-corrected chi connectivity index (χ2v) is 6.55. The van der Waals surface area contributed by atoms with E-state index in [1.54, 1.807) is 0 Å². The lowest BCUT2D eigenvalue weighted by Crippen LogP contribution is -2.21. The van der Waals surface area contributed by atoms with Crippen molar-refractivity contribution >= 4 is 11.6 Å². The van der Waals surface area contributed by atoms with Crippen molar-refractivity contribution in [2.75, 3.05) is 5.32 Å². The number of carbonyl (C=O) groups excluding carboxylic acids is 1. The summed E-state index contributed by atoms with van der Waals surface area (Å²) < 4.78 is 38.8. The summed E-state index contributed by atoms with van der Waals surface area (Å²) in [5.41, 5.74) is -0.889. The van der Waals surface area contributed by atoms with Gasteiger partial charge in [0.15, 0.2) is 0 Å². The highest BCUT2D eigenvalue weighted by molar-refractivity contribution is 5.95. The third-order valence-corrected chi connectivity index (χ3v) is 5.53. The van der Waals surface area contributed by atoms with Crippen molar-refractivity contribution in [3.05, 3.63) is 29.8 Å². The van der Waals surface area contributed by atoms with E-state index in [2.05, 4.69) is 5.32 Å². The highest BCUT2D eigenvalue weighted by Gasteiger charge is 2.67. The Morgan fingerprint density at radius 3 is 2.33 bits per heavy atom. The van der Waals surface area contributed by atoms with Crippen molar-refractivity contribution in [3.63, 3.8) is 0 Å². The minimum atomic E-state index is -4.44. The van der Waals surface area contributed by atoms with Gasteiger partial charge in [-0.25, -0.2) is 0 Å². The van der Waals surface area contributed by atoms with Crippen molar-refractivity contribution < 1.29 is 18.0 Å². The molecule has 112 valence electrons. The SMILES string of the molecule is O=C(Nc1ccccc1C(F)(F)F)C1[C@@H]2[C@@H]3CC[C@@H](C3)[C@H]12. The largest absolute Gasteiger partial charge is 0.418 e. The Labute approximate surface area is 120 Å². The molecule has 0 radical (unpaired) electrons. The second-order valence-electron chi connectivity index (χ2n) is 6.55. The van der Waals surface area contributed by atoms with Crippen LogP contribution in [0.3, 0.4) is 0 Å². The van der Waals surface area contributed by atoms with Gasteiger partial charge < -0.3 is 5.32 Å². The normalized spacial score (nSPS) is 36.4. The number of benzene rings is 1. The van der Waals surface area contributed by atoms with Crippen LogP contribution in [0.5, 0.6) is 0 Å². The maximum atomic E-state index is 12.9. The smallest absolute Gasteiger partial charge is 0.325 e. The number of hydrogen-bond donors (Lipinski definition) is 1. The molecule has 0 saturated heterocycles. The first-order valence-corrected chi connectivity index (χ1v) is 7.44. The fourth-order valence-corrected chi connectivity index (χ4v) is 4.73. The van der Waals surface area contributed by atoms with Crippen LogP contribution in [0.25, 0.3) is 0 Å². The standard InChI is InChI=1S/C16H16F3NO/c17-16(18,19)10-3-1-2-4-11(10)20-15(21)14-12-8-5-6-9(7-8)13(12)14/h1-4,8-9,12-14H,5-7H2,(H,20,21)/t8-,9+,12-,13+,14?. The van der Waals surface area contributed by atoms with Gasteiger partial charge in [0.25, 0.3) is 0 Å². The molecule has 0 aromatic heterocycles. The van der Waals surface area contributed by atoms with E-state index >= 15 is 0 Å². The predicted molar refractivity (Wildman–Crippen MR) is 71.4 cm³/mol. The third kappa shape index (κ3) is 1.97. The van der Waals surface area contributed by atoms with Crippen molar-refractivity contribution in [1.82, 2.24) is 0 Å². The van der Waals surface area contributed by atoms with E-state index in [4.69, 9.17) is 0 Å². The number of para-hydroxylation sites is 1. The molecule has 5 atom stereocenters. The van der Waals surface area contributed by atoms with Crippen LogP contribution in [-0.4, -0.2) is 5.91 Å². The number of fused-ring (bicyclic) bond motifs is 5. The molecule has 3 aliphatic carbocycles. The van der Waals surface area contributed by atoms with Gasteiger partial charge >= 0.3 is 6.18 Å². The summed E-state index contributed by atoms with van der Waals surface area (Å²) in [4.78, 5) is 12.3. The van der Waals surface area contributed by atoms with E-state index in [9.17, 15) is 18.0 Å². The lowest BCUT2D eigenvalue weighted by Gasteiger charge is -2.14. The quantitative estimate of drug-likeness (QED) is 0.880. The van der Waals surface area contributed by atoms with Crippen LogP contribution in [0.2, 0.25) is 0 Å². The molecule has 1 amide bonds. The lowest BCUT2D eigenvalue weighted by molar-refractivity contribution is -0.137. The van der Waals surface area contributed by atoms with E-state index in [-0.39, 0.29) is 17.5 Å². The Hall–Kier alpha value is -1.52. The van der Waals surface area contributed by atoms with Gasteiger partial charge in [-0.05, 0) is 55.1 Å². The van der Waals surface area contributed by atoms with Gasteiger partial charge in [0.2, 0.25) is 5.91 Å². The number of alkyl halides is 3. The van der Waals surface area contributed by atoms with E-state index in [0.29, 0.717) is 23.7 Å². The van der Waals surface area contributed by atoms with Crippen LogP contribution >= 0.6 is 0 Å². The van der Waals surface area contributed by atoms with E-state index in [1.165, 1.54) is 37.5 Å². The number of anilines is 1.